The molecule has 2 rings (SSSR count). The third-order valence-electron chi connectivity index (χ3n) is 3.83. The lowest BCUT2D eigenvalue weighted by molar-refractivity contribution is 0.107. The van der Waals surface area contributed by atoms with E-state index in [1.165, 1.54) is 22.0 Å². The lowest BCUT2D eigenvalue weighted by Gasteiger charge is -2.17. The Hall–Kier alpha value is -0.420. The van der Waals surface area contributed by atoms with E-state index in [1.807, 2.05) is 7.11 Å². The molecule has 1 aliphatic heterocycles. The minimum atomic E-state index is 0.409. The first-order chi connectivity index (χ1) is 9.72. The zero-order chi connectivity index (χ0) is 14.4. The summed E-state index contributed by atoms with van der Waals surface area (Å²) in [5, 5.41) is 3.44. The molecule has 1 aromatic carbocycles. The van der Waals surface area contributed by atoms with Crippen molar-refractivity contribution < 1.29 is 4.74 Å². The van der Waals surface area contributed by atoms with Crippen LogP contribution in [0.25, 0.3) is 0 Å². The molecule has 1 aliphatic rings. The molecule has 112 valence electrons. The zero-order valence-electron chi connectivity index (χ0n) is 12.5. The topological polar surface area (TPSA) is 24.5 Å². The predicted molar refractivity (Wildman–Crippen MR) is 86.8 cm³/mol. The second-order valence-corrected chi connectivity index (χ2v) is 6.34. The Kier molecular flexibility index (Phi) is 6.49. The molecule has 1 saturated heterocycles. The Morgan fingerprint density at radius 2 is 2.30 bits per heavy atom. The molecule has 3 nitrogen and oxygen atoms in total. The first kappa shape index (κ1) is 16.0. The lowest BCUT2D eigenvalue weighted by atomic mass is 10.1. The highest BCUT2D eigenvalue weighted by atomic mass is 79.9. The fourth-order valence-corrected chi connectivity index (χ4v) is 3.16. The quantitative estimate of drug-likeness (QED) is 0.771. The van der Waals surface area contributed by atoms with E-state index in [4.69, 9.17) is 4.74 Å². The Morgan fingerprint density at radius 3 is 2.95 bits per heavy atom. The van der Waals surface area contributed by atoms with Crippen molar-refractivity contribution in [2.75, 3.05) is 26.7 Å². The van der Waals surface area contributed by atoms with Gasteiger partial charge in [0.05, 0.1) is 6.10 Å². The van der Waals surface area contributed by atoms with Crippen molar-refractivity contribution in [2.24, 2.45) is 0 Å². The number of likely N-dealkylation sites (tertiary alicyclic amines) is 1. The van der Waals surface area contributed by atoms with Gasteiger partial charge in [-0.25, -0.2) is 0 Å². The molecular formula is C16H25BrN2O. The van der Waals surface area contributed by atoms with Crippen molar-refractivity contribution in [1.29, 1.82) is 0 Å². The summed E-state index contributed by atoms with van der Waals surface area (Å²) in [6, 6.07) is 6.71. The Morgan fingerprint density at radius 1 is 1.45 bits per heavy atom. The third-order valence-corrected chi connectivity index (χ3v) is 4.57. The Balaban J connectivity index is 1.89. The van der Waals surface area contributed by atoms with Crippen LogP contribution < -0.4 is 5.32 Å². The normalized spacial score (nSPS) is 19.6. The molecule has 1 fully saturated rings. The van der Waals surface area contributed by atoms with E-state index in [-0.39, 0.29) is 0 Å². The smallest absolute Gasteiger partial charge is 0.0710 e. The van der Waals surface area contributed by atoms with Gasteiger partial charge in [0.15, 0.2) is 0 Å². The maximum Gasteiger partial charge on any atom is 0.0710 e. The van der Waals surface area contributed by atoms with Gasteiger partial charge in [0.2, 0.25) is 0 Å². The fourth-order valence-electron chi connectivity index (χ4n) is 2.61. The number of methoxy groups -OCH3 is 1. The fraction of sp³-hybridized carbons (Fsp3) is 0.625. The SMILES string of the molecule is CCCNCc1ccc(CN2CCC(OC)C2)c(Br)c1. The second-order valence-electron chi connectivity index (χ2n) is 5.48. The molecule has 0 bridgehead atoms. The molecule has 4 heteroatoms. The highest BCUT2D eigenvalue weighted by Crippen LogP contribution is 2.22. The van der Waals surface area contributed by atoms with Crippen LogP contribution in [0.3, 0.4) is 0 Å². The van der Waals surface area contributed by atoms with E-state index in [2.05, 4.69) is 51.3 Å². The van der Waals surface area contributed by atoms with Gasteiger partial charge in [-0.2, -0.15) is 0 Å². The third kappa shape index (κ3) is 4.55. The van der Waals surface area contributed by atoms with Crippen LogP contribution in [-0.4, -0.2) is 37.7 Å². The first-order valence-corrected chi connectivity index (χ1v) is 8.25. The molecule has 1 unspecified atom stereocenters. The van der Waals surface area contributed by atoms with Gasteiger partial charge in [0.1, 0.15) is 0 Å². The van der Waals surface area contributed by atoms with Crippen molar-refractivity contribution in [2.45, 2.75) is 39.0 Å². The first-order valence-electron chi connectivity index (χ1n) is 7.46. The van der Waals surface area contributed by atoms with E-state index < -0.39 is 0 Å². The lowest BCUT2D eigenvalue weighted by Crippen LogP contribution is -2.22. The molecule has 20 heavy (non-hydrogen) atoms. The number of halogens is 1. The number of benzene rings is 1. The molecule has 0 amide bonds. The van der Waals surface area contributed by atoms with Gasteiger partial charge in [-0.3, -0.25) is 4.90 Å². The van der Waals surface area contributed by atoms with Crippen LogP contribution in [0.4, 0.5) is 0 Å². The van der Waals surface area contributed by atoms with E-state index in [9.17, 15) is 0 Å². The summed E-state index contributed by atoms with van der Waals surface area (Å²) in [5.41, 5.74) is 2.70. The summed E-state index contributed by atoms with van der Waals surface area (Å²) in [7, 11) is 1.81. The number of hydrogen-bond acceptors (Lipinski definition) is 3. The van der Waals surface area contributed by atoms with Crippen molar-refractivity contribution in [1.82, 2.24) is 10.2 Å². The van der Waals surface area contributed by atoms with Gasteiger partial charge >= 0.3 is 0 Å². The maximum atomic E-state index is 5.42. The minimum absolute atomic E-state index is 0.409. The number of nitrogens with one attached hydrogen (secondary N) is 1. The zero-order valence-corrected chi connectivity index (χ0v) is 14.1. The highest BCUT2D eigenvalue weighted by molar-refractivity contribution is 9.10. The summed E-state index contributed by atoms with van der Waals surface area (Å²) in [6.07, 6.45) is 2.73. The van der Waals surface area contributed by atoms with Crippen molar-refractivity contribution in [3.63, 3.8) is 0 Å². The van der Waals surface area contributed by atoms with Crippen LogP contribution in [-0.2, 0) is 17.8 Å². The number of nitrogens with zero attached hydrogens (tertiary/aromatic N) is 1. The summed E-state index contributed by atoms with van der Waals surface area (Å²) < 4.78 is 6.64. The van der Waals surface area contributed by atoms with Gasteiger partial charge in [-0.05, 0) is 36.6 Å². The summed E-state index contributed by atoms with van der Waals surface area (Å²) >= 11 is 3.71. The molecule has 0 spiro atoms. The largest absolute Gasteiger partial charge is 0.380 e. The van der Waals surface area contributed by atoms with Gasteiger partial charge in [-0.1, -0.05) is 35.0 Å². The molecule has 1 heterocycles. The predicted octanol–water partition coefficient (Wildman–Crippen LogP) is 3.17. The van der Waals surface area contributed by atoms with Crippen LogP contribution in [0.2, 0.25) is 0 Å². The second kappa shape index (κ2) is 8.13. The molecule has 1 N–H and O–H groups in total. The van der Waals surface area contributed by atoms with E-state index in [0.29, 0.717) is 6.10 Å². The van der Waals surface area contributed by atoms with E-state index >= 15 is 0 Å². The average Bonchev–Trinajstić information content (AvgIpc) is 2.90. The number of rotatable bonds is 7. The van der Waals surface area contributed by atoms with Crippen molar-refractivity contribution in [3.8, 4) is 0 Å². The molecular weight excluding hydrogens is 316 g/mol. The van der Waals surface area contributed by atoms with Crippen LogP contribution >= 0.6 is 15.9 Å². The van der Waals surface area contributed by atoms with Crippen LogP contribution in [0.15, 0.2) is 22.7 Å². The van der Waals surface area contributed by atoms with Crippen LogP contribution in [0, 0.1) is 0 Å². The van der Waals surface area contributed by atoms with E-state index in [1.54, 1.807) is 0 Å². The number of ether oxygens (including phenoxy) is 1. The number of hydrogen-bond donors (Lipinski definition) is 1. The van der Waals surface area contributed by atoms with Crippen LogP contribution in [0.1, 0.15) is 30.9 Å². The summed E-state index contributed by atoms with van der Waals surface area (Å²) in [6.45, 7) is 7.39. The molecule has 0 saturated carbocycles. The van der Waals surface area contributed by atoms with Gasteiger partial charge < -0.3 is 10.1 Å². The monoisotopic (exact) mass is 340 g/mol. The Bertz CT molecular complexity index is 425. The highest BCUT2D eigenvalue weighted by Gasteiger charge is 2.22. The molecule has 0 radical (unpaired) electrons. The minimum Gasteiger partial charge on any atom is -0.380 e. The van der Waals surface area contributed by atoms with Gasteiger partial charge in [-0.15, -0.1) is 0 Å². The molecule has 0 aliphatic carbocycles. The molecule has 0 aromatic heterocycles. The van der Waals surface area contributed by atoms with E-state index in [0.717, 1.165) is 39.1 Å². The molecule has 1 aromatic rings. The summed E-state index contributed by atoms with van der Waals surface area (Å²) in [5.74, 6) is 0. The average molecular weight is 341 g/mol. The Labute approximate surface area is 130 Å². The van der Waals surface area contributed by atoms with Gasteiger partial charge in [0.25, 0.3) is 0 Å². The molecule has 1 atom stereocenters. The maximum absolute atomic E-state index is 5.42. The summed E-state index contributed by atoms with van der Waals surface area (Å²) in [4.78, 5) is 2.46. The van der Waals surface area contributed by atoms with Crippen molar-refractivity contribution in [3.05, 3.63) is 33.8 Å². The van der Waals surface area contributed by atoms with Crippen LogP contribution in [0.5, 0.6) is 0 Å². The van der Waals surface area contributed by atoms with Gasteiger partial charge in [0, 0.05) is 37.8 Å². The standard InChI is InChI=1S/C16H25BrN2O/c1-3-7-18-10-13-4-5-14(16(17)9-13)11-19-8-6-15(12-19)20-2/h4-5,9,15,18H,3,6-8,10-12H2,1-2H3. The van der Waals surface area contributed by atoms with Crippen molar-refractivity contribution >= 4 is 15.9 Å².